The number of ether oxygens (including phenoxy) is 1. The van der Waals surface area contributed by atoms with Gasteiger partial charge in [-0.25, -0.2) is 0 Å². The molecule has 1 aromatic carbocycles. The minimum atomic E-state index is -1.27. The van der Waals surface area contributed by atoms with Crippen LogP contribution in [-0.4, -0.2) is 82.4 Å². The van der Waals surface area contributed by atoms with Gasteiger partial charge in [0.05, 0.1) is 30.1 Å². The Hall–Kier alpha value is -2.91. The molecule has 3 aliphatic rings. The highest BCUT2D eigenvalue weighted by molar-refractivity contribution is 6.05. The van der Waals surface area contributed by atoms with E-state index in [0.717, 1.165) is 18.8 Å². The Morgan fingerprint density at radius 2 is 1.79 bits per heavy atom. The van der Waals surface area contributed by atoms with E-state index in [1.165, 1.54) is 4.90 Å². The number of amides is 2. The molecule has 2 N–H and O–H groups in total. The average Bonchev–Trinajstić information content (AvgIpc) is 3.49. The largest absolute Gasteiger partial charge is 0.481 e. The molecule has 9 nitrogen and oxygen atoms in total. The molecule has 3 fully saturated rings. The van der Waals surface area contributed by atoms with Crippen molar-refractivity contribution in [2.24, 2.45) is 17.8 Å². The summed E-state index contributed by atoms with van der Waals surface area (Å²) in [5.74, 6) is -4.02. The van der Waals surface area contributed by atoms with Crippen molar-refractivity contribution < 1.29 is 29.3 Å². The van der Waals surface area contributed by atoms with Gasteiger partial charge < -0.3 is 29.6 Å². The zero-order valence-corrected chi connectivity index (χ0v) is 23.8. The molecule has 4 rings (SSSR count). The molecule has 0 aliphatic carbocycles. The molecular formula is C30H43N3O6. The second-order valence-electron chi connectivity index (χ2n) is 11.4. The van der Waals surface area contributed by atoms with Crippen LogP contribution in [0.25, 0.3) is 0 Å². The second-order valence-corrected chi connectivity index (χ2v) is 11.4. The third kappa shape index (κ3) is 4.43. The first kappa shape index (κ1) is 29.1. The number of aliphatic carboxylic acids is 1. The molecule has 0 aromatic heterocycles. The first-order valence-electron chi connectivity index (χ1n) is 14.2. The lowest BCUT2D eigenvalue weighted by Crippen LogP contribution is -2.60. The monoisotopic (exact) mass is 541 g/mol. The van der Waals surface area contributed by atoms with Gasteiger partial charge in [0.2, 0.25) is 5.91 Å². The van der Waals surface area contributed by atoms with Crippen molar-refractivity contribution in [3.63, 3.8) is 0 Å². The third-order valence-corrected chi connectivity index (χ3v) is 9.43. The van der Waals surface area contributed by atoms with Crippen molar-refractivity contribution in [3.05, 3.63) is 36.9 Å². The van der Waals surface area contributed by atoms with Gasteiger partial charge in [-0.15, -0.1) is 6.58 Å². The molecule has 2 amide bonds. The number of carboxylic acids is 1. The van der Waals surface area contributed by atoms with Crippen LogP contribution in [0.3, 0.4) is 0 Å². The molecule has 3 aliphatic heterocycles. The summed E-state index contributed by atoms with van der Waals surface area (Å²) < 4.78 is 6.53. The number of likely N-dealkylation sites (tertiary alicyclic amines) is 1. The molecule has 3 heterocycles. The Bertz CT molecular complexity index is 1100. The maximum absolute atomic E-state index is 14.6. The molecule has 0 radical (unpaired) electrons. The van der Waals surface area contributed by atoms with E-state index in [1.54, 1.807) is 17.9 Å². The predicted octanol–water partition coefficient (Wildman–Crippen LogP) is 3.31. The predicted molar refractivity (Wildman–Crippen MR) is 150 cm³/mol. The van der Waals surface area contributed by atoms with Gasteiger partial charge in [0.1, 0.15) is 11.6 Å². The summed E-state index contributed by atoms with van der Waals surface area (Å²) in [5.41, 5.74) is -0.608. The summed E-state index contributed by atoms with van der Waals surface area (Å²) in [4.78, 5) is 46.5. The number of anilines is 2. The van der Waals surface area contributed by atoms with Gasteiger partial charge in [-0.2, -0.15) is 0 Å². The Labute approximate surface area is 231 Å². The van der Waals surface area contributed by atoms with Crippen LogP contribution in [0.2, 0.25) is 0 Å². The molecule has 7 atom stereocenters. The van der Waals surface area contributed by atoms with E-state index in [0.29, 0.717) is 24.9 Å². The van der Waals surface area contributed by atoms with Crippen LogP contribution < -0.4 is 9.80 Å². The normalized spacial score (nSPS) is 30.7. The topological polar surface area (TPSA) is 111 Å². The van der Waals surface area contributed by atoms with Gasteiger partial charge in [-0.1, -0.05) is 26.3 Å². The van der Waals surface area contributed by atoms with E-state index in [2.05, 4.69) is 25.3 Å². The van der Waals surface area contributed by atoms with Gasteiger partial charge in [0.15, 0.2) is 0 Å². The Kier molecular flexibility index (Phi) is 8.15. The zero-order valence-electron chi connectivity index (χ0n) is 23.8. The molecule has 2 unspecified atom stereocenters. The van der Waals surface area contributed by atoms with Gasteiger partial charge in [0, 0.05) is 31.0 Å². The number of benzene rings is 1. The number of carbonyl (C=O) groups excluding carboxylic acids is 2. The van der Waals surface area contributed by atoms with E-state index in [1.807, 2.05) is 38.1 Å². The lowest BCUT2D eigenvalue weighted by Gasteiger charge is -2.41. The van der Waals surface area contributed by atoms with Crippen LogP contribution in [0.5, 0.6) is 0 Å². The SMILES string of the molecule is C=CCN(C(=O)C1N([C@@H](CO)[C@@H](C)CC)C(=O)[C@@H]2[C@@H](C(=O)O)[C@@]3(C)CCC12O3)c1ccc(N(CC)CC)cc1. The molecule has 39 heavy (non-hydrogen) atoms. The number of nitrogens with zero attached hydrogens (tertiary/aromatic N) is 3. The van der Waals surface area contributed by atoms with Gasteiger partial charge in [0.25, 0.3) is 5.91 Å². The fraction of sp³-hybridized carbons (Fsp3) is 0.633. The fourth-order valence-electron chi connectivity index (χ4n) is 7.22. The molecule has 3 saturated heterocycles. The highest BCUT2D eigenvalue weighted by Crippen LogP contribution is 2.63. The number of aliphatic hydroxyl groups is 1. The van der Waals surface area contributed by atoms with Crippen LogP contribution in [-0.2, 0) is 19.1 Å². The molecule has 1 spiro atoms. The summed E-state index contributed by atoms with van der Waals surface area (Å²) in [7, 11) is 0. The number of hydrogen-bond acceptors (Lipinski definition) is 6. The van der Waals surface area contributed by atoms with Crippen molar-refractivity contribution in [1.82, 2.24) is 4.90 Å². The molecule has 9 heteroatoms. The minimum Gasteiger partial charge on any atom is -0.481 e. The number of hydrogen-bond donors (Lipinski definition) is 2. The Morgan fingerprint density at radius 3 is 2.31 bits per heavy atom. The quantitative estimate of drug-likeness (QED) is 0.391. The smallest absolute Gasteiger partial charge is 0.310 e. The summed E-state index contributed by atoms with van der Waals surface area (Å²) in [6.07, 6.45) is 3.16. The van der Waals surface area contributed by atoms with Crippen molar-refractivity contribution in [2.75, 3.05) is 36.0 Å². The molecule has 1 aromatic rings. The van der Waals surface area contributed by atoms with Gasteiger partial charge in [-0.05, 0) is 63.8 Å². The van der Waals surface area contributed by atoms with Crippen LogP contribution in [0.15, 0.2) is 36.9 Å². The van der Waals surface area contributed by atoms with Crippen LogP contribution in [0.1, 0.15) is 53.9 Å². The van der Waals surface area contributed by atoms with Crippen molar-refractivity contribution in [2.45, 2.75) is 77.2 Å². The van der Waals surface area contributed by atoms with E-state index >= 15 is 0 Å². The second kappa shape index (κ2) is 10.9. The summed E-state index contributed by atoms with van der Waals surface area (Å²) in [5, 5.41) is 20.6. The van der Waals surface area contributed by atoms with E-state index in [9.17, 15) is 24.6 Å². The molecular weight excluding hydrogens is 498 g/mol. The Balaban J connectivity index is 1.82. The standard InChI is InChI=1S/C30H43N3O6/c1-7-17-32(21-13-11-20(12-14-21)31(9-3)10-4)27(36)25-30-16-15-29(6,39-30)24(28(37)38)23(30)26(35)33(25)22(18-34)19(5)8-2/h7,11-14,19,22-25,34H,1,8-10,15-18H2,2-6H3,(H,37,38)/t19-,22-,23-,24-,25?,29+,30?/m0/s1. The summed E-state index contributed by atoms with van der Waals surface area (Å²) in [6.45, 7) is 15.3. The maximum atomic E-state index is 14.6. The highest BCUT2D eigenvalue weighted by atomic mass is 16.5. The van der Waals surface area contributed by atoms with Crippen LogP contribution >= 0.6 is 0 Å². The number of aliphatic hydroxyl groups excluding tert-OH is 1. The summed E-state index contributed by atoms with van der Waals surface area (Å²) >= 11 is 0. The molecule has 2 bridgehead atoms. The summed E-state index contributed by atoms with van der Waals surface area (Å²) in [6, 6.07) is 6.01. The number of carbonyl (C=O) groups is 3. The van der Waals surface area contributed by atoms with Crippen LogP contribution in [0.4, 0.5) is 11.4 Å². The fourth-order valence-corrected chi connectivity index (χ4v) is 7.22. The third-order valence-electron chi connectivity index (χ3n) is 9.43. The Morgan fingerprint density at radius 1 is 1.18 bits per heavy atom. The molecule has 0 saturated carbocycles. The van der Waals surface area contributed by atoms with Crippen molar-refractivity contribution in [3.8, 4) is 0 Å². The van der Waals surface area contributed by atoms with Crippen LogP contribution in [0, 0.1) is 17.8 Å². The van der Waals surface area contributed by atoms with E-state index in [-0.39, 0.29) is 25.0 Å². The average molecular weight is 542 g/mol. The maximum Gasteiger partial charge on any atom is 0.310 e. The van der Waals surface area contributed by atoms with Gasteiger partial charge >= 0.3 is 5.97 Å². The van der Waals surface area contributed by atoms with E-state index < -0.39 is 47.0 Å². The van der Waals surface area contributed by atoms with E-state index in [4.69, 9.17) is 4.74 Å². The number of carboxylic acid groups (broad SMARTS) is 1. The number of fused-ring (bicyclic) bond motifs is 1. The highest BCUT2D eigenvalue weighted by Gasteiger charge is 2.79. The van der Waals surface area contributed by atoms with Crippen molar-refractivity contribution >= 4 is 29.2 Å². The zero-order chi connectivity index (χ0) is 28.7. The van der Waals surface area contributed by atoms with Crippen molar-refractivity contribution in [1.29, 1.82) is 0 Å². The molecule has 214 valence electrons. The first-order valence-corrected chi connectivity index (χ1v) is 14.2. The first-order chi connectivity index (χ1) is 18.5. The lowest BCUT2D eigenvalue weighted by molar-refractivity contribution is -0.156. The lowest BCUT2D eigenvalue weighted by atomic mass is 9.66. The number of rotatable bonds is 12. The minimum absolute atomic E-state index is 0.109. The van der Waals surface area contributed by atoms with Gasteiger partial charge in [-0.3, -0.25) is 14.4 Å².